The molecule has 2 rings (SSSR count). The summed E-state index contributed by atoms with van der Waals surface area (Å²) in [6, 6.07) is 0. The van der Waals surface area contributed by atoms with Crippen LogP contribution in [0.2, 0.25) is 0 Å². The van der Waals surface area contributed by atoms with Gasteiger partial charge < -0.3 is 25.9 Å². The number of carbonyl (C=O) groups is 2. The van der Waals surface area contributed by atoms with Gasteiger partial charge in [-0.05, 0) is 12.5 Å². The number of carbonyl (C=O) groups excluding carboxylic acids is 2. The second-order valence-corrected chi connectivity index (χ2v) is 6.43. The van der Waals surface area contributed by atoms with Crippen molar-refractivity contribution in [2.75, 3.05) is 26.0 Å². The zero-order valence-corrected chi connectivity index (χ0v) is 16.9. The lowest BCUT2D eigenvalue weighted by molar-refractivity contribution is -0.672. The van der Waals surface area contributed by atoms with Crippen LogP contribution in [-0.2, 0) is 27.3 Å². The third-order valence-electron chi connectivity index (χ3n) is 3.03. The monoisotopic (exact) mass is 427 g/mol. The van der Waals surface area contributed by atoms with Crippen molar-refractivity contribution in [2.45, 2.75) is 33.2 Å². The minimum atomic E-state index is -4.83. The predicted octanol–water partition coefficient (Wildman–Crippen LogP) is 0.110. The summed E-state index contributed by atoms with van der Waals surface area (Å²) in [5, 5.41) is 11.9. The highest BCUT2D eigenvalue weighted by atomic mass is 32.1. The van der Waals surface area contributed by atoms with Crippen molar-refractivity contribution < 1.29 is 32.8 Å². The maximum atomic E-state index is 10.9. The van der Waals surface area contributed by atoms with E-state index in [2.05, 4.69) is 20.5 Å². The number of hydrogen-bond donors (Lipinski definition) is 4. The molecule has 13 heteroatoms. The van der Waals surface area contributed by atoms with Crippen LogP contribution in [0.15, 0.2) is 5.10 Å². The Morgan fingerprint density at radius 2 is 2.04 bits per heavy atom. The number of hydrazine groups is 1. The highest BCUT2D eigenvalue weighted by Gasteiger charge is 2.32. The minimum absolute atomic E-state index is 0.485. The molecule has 0 spiro atoms. The van der Waals surface area contributed by atoms with Crippen LogP contribution < -0.4 is 22.2 Å². The molecule has 0 atom stereocenters. The number of rotatable bonds is 3. The molecular formula is C15H26F3N6O3S+. The molecule has 1 aromatic rings. The molecule has 0 saturated heterocycles. The van der Waals surface area contributed by atoms with Gasteiger partial charge >= 0.3 is 12.3 Å². The van der Waals surface area contributed by atoms with Crippen LogP contribution in [0.5, 0.6) is 0 Å². The van der Waals surface area contributed by atoms with Crippen LogP contribution in [0.4, 0.5) is 18.2 Å². The lowest BCUT2D eigenvalue weighted by Crippen LogP contribution is -2.84. The zero-order chi connectivity index (χ0) is 21.9. The van der Waals surface area contributed by atoms with Crippen molar-refractivity contribution in [1.82, 2.24) is 5.12 Å². The van der Waals surface area contributed by atoms with Gasteiger partial charge in [0, 0.05) is 27.4 Å². The molecule has 0 aliphatic carbocycles. The van der Waals surface area contributed by atoms with Crippen LogP contribution in [0.3, 0.4) is 0 Å². The largest absolute Gasteiger partial charge is 0.575 e. The van der Waals surface area contributed by atoms with E-state index in [0.29, 0.717) is 12.8 Å². The van der Waals surface area contributed by atoms with E-state index in [1.54, 1.807) is 18.4 Å². The lowest BCUT2D eigenvalue weighted by atomic mass is 10.0. The molecule has 0 bridgehead atoms. The topological polar surface area (TPSA) is 140 Å². The third-order valence-corrected chi connectivity index (χ3v) is 4.30. The lowest BCUT2D eigenvalue weighted by Gasteiger charge is -2.13. The Morgan fingerprint density at radius 1 is 1.46 bits per heavy atom. The molecule has 0 radical (unpaired) electrons. The third kappa shape index (κ3) is 9.53. The van der Waals surface area contributed by atoms with E-state index in [0.717, 1.165) is 36.4 Å². The number of nitrogens with zero attached hydrogens (tertiary/aromatic N) is 2. The molecule has 0 saturated carbocycles. The summed E-state index contributed by atoms with van der Waals surface area (Å²) >= 11 is 1.75. The van der Waals surface area contributed by atoms with E-state index < -0.39 is 12.3 Å². The first-order valence-electron chi connectivity index (χ1n) is 8.09. The molecule has 0 fully saturated rings. The summed E-state index contributed by atoms with van der Waals surface area (Å²) in [5.74, 6) is 4.65. The summed E-state index contributed by atoms with van der Waals surface area (Å²) in [4.78, 5) is 19.7. The molecule has 0 unspecified atom stereocenters. The number of anilines is 1. The fourth-order valence-electron chi connectivity index (χ4n) is 2.25. The van der Waals surface area contributed by atoms with Gasteiger partial charge in [0.2, 0.25) is 0 Å². The number of ether oxygens (including phenoxy) is 1. The van der Waals surface area contributed by atoms with Crippen LogP contribution >= 0.6 is 11.3 Å². The molecule has 2 heterocycles. The second kappa shape index (κ2) is 12.2. The van der Waals surface area contributed by atoms with Gasteiger partial charge in [0.05, 0.1) is 22.0 Å². The summed E-state index contributed by atoms with van der Waals surface area (Å²) in [5.41, 5.74) is 8.38. The number of nitrogens with one attached hydrogen (secondary N) is 1. The Kier molecular flexibility index (Phi) is 11.1. The minimum Gasteiger partial charge on any atom is -0.382 e. The number of hydrazone groups is 1. The predicted molar refractivity (Wildman–Crippen MR) is 100 cm³/mol. The van der Waals surface area contributed by atoms with Crippen LogP contribution in [0.25, 0.3) is 0 Å². The first-order valence-corrected chi connectivity index (χ1v) is 8.91. The Bertz CT molecular complexity index is 677. The number of fused-ring (bicyclic) bond motifs is 1. The molecule has 1 aliphatic rings. The molecule has 1 aromatic heterocycles. The fraction of sp³-hybridized carbons (Fsp3) is 0.533. The highest BCUT2D eigenvalue weighted by molar-refractivity contribution is 7.16. The fourth-order valence-corrected chi connectivity index (χ4v) is 3.46. The van der Waals surface area contributed by atoms with Gasteiger partial charge in [-0.15, -0.1) is 29.6 Å². The standard InChI is InChI=1S/C10H18N6S.C3H3F3O2.C2H4O/c1-13-10-8(9(11)15-16(2)12)6-3-4-14-5-7(6)17-10;1-2(7)8-3(4,5)6;1-2-3/h13-14H,3-5,12H2,1-2H3,(H2,11,15);1H3;2H,1H3/p+1. The van der Waals surface area contributed by atoms with Gasteiger partial charge in [0.15, 0.2) is 5.84 Å². The highest BCUT2D eigenvalue weighted by Crippen LogP contribution is 2.33. The molecule has 0 aromatic carbocycles. The average molecular weight is 427 g/mol. The number of halogens is 3. The number of nitrogens with two attached hydrogens (primary N) is 3. The zero-order valence-electron chi connectivity index (χ0n) is 16.1. The number of esters is 1. The maximum absolute atomic E-state index is 10.9. The normalized spacial score (nSPS) is 13.1. The van der Waals surface area contributed by atoms with Crippen molar-refractivity contribution in [1.29, 1.82) is 0 Å². The van der Waals surface area contributed by atoms with Gasteiger partial charge in [-0.1, -0.05) is 0 Å². The number of alkyl halides is 3. The van der Waals surface area contributed by atoms with E-state index in [4.69, 9.17) is 16.4 Å². The van der Waals surface area contributed by atoms with E-state index in [1.807, 2.05) is 7.05 Å². The van der Waals surface area contributed by atoms with E-state index in [-0.39, 0.29) is 0 Å². The second-order valence-electron chi connectivity index (χ2n) is 5.32. The van der Waals surface area contributed by atoms with Gasteiger partial charge in [0.25, 0.3) is 0 Å². The molecule has 1 aliphatic heterocycles. The van der Waals surface area contributed by atoms with Gasteiger partial charge in [-0.25, -0.2) is 11.0 Å². The Morgan fingerprint density at radius 3 is 2.43 bits per heavy atom. The summed E-state index contributed by atoms with van der Waals surface area (Å²) < 4.78 is 35.4. The van der Waals surface area contributed by atoms with E-state index in [9.17, 15) is 18.0 Å². The molecule has 28 heavy (non-hydrogen) atoms. The summed E-state index contributed by atoms with van der Waals surface area (Å²) in [6.07, 6.45) is -3.04. The smallest absolute Gasteiger partial charge is 0.382 e. The number of thiophene rings is 1. The van der Waals surface area contributed by atoms with E-state index >= 15 is 0 Å². The molecule has 7 N–H and O–H groups in total. The summed E-state index contributed by atoms with van der Waals surface area (Å²) in [7, 11) is 3.57. The van der Waals surface area contributed by atoms with E-state index in [1.165, 1.54) is 22.5 Å². The quantitative estimate of drug-likeness (QED) is 0.134. The Balaban J connectivity index is 0.000000558. The number of aldehydes is 1. The van der Waals surface area contributed by atoms with Crippen molar-refractivity contribution in [3.05, 3.63) is 16.0 Å². The average Bonchev–Trinajstić information content (AvgIpc) is 2.91. The Labute approximate surface area is 164 Å². The van der Waals surface area contributed by atoms with Gasteiger partial charge in [0.1, 0.15) is 12.8 Å². The molecule has 9 nitrogen and oxygen atoms in total. The first-order chi connectivity index (χ1) is 13.0. The van der Waals surface area contributed by atoms with Gasteiger partial charge in [-0.3, -0.25) is 4.79 Å². The van der Waals surface area contributed by atoms with Crippen molar-refractivity contribution in [2.24, 2.45) is 16.7 Å². The van der Waals surface area contributed by atoms with Crippen LogP contribution in [0.1, 0.15) is 29.9 Å². The number of quaternary nitrogens is 1. The van der Waals surface area contributed by atoms with Crippen LogP contribution in [0, 0.1) is 0 Å². The maximum Gasteiger partial charge on any atom is 0.575 e. The van der Waals surface area contributed by atoms with Crippen molar-refractivity contribution in [3.63, 3.8) is 0 Å². The molecule has 0 amide bonds. The molecule has 160 valence electrons. The van der Waals surface area contributed by atoms with Gasteiger partial charge in [-0.2, -0.15) is 0 Å². The van der Waals surface area contributed by atoms with Crippen molar-refractivity contribution >= 4 is 34.4 Å². The number of hydrogen-bond acceptors (Lipinski definition) is 8. The van der Waals surface area contributed by atoms with Crippen molar-refractivity contribution in [3.8, 4) is 0 Å². The first kappa shape index (κ1) is 25.6. The summed E-state index contributed by atoms with van der Waals surface area (Å²) in [6.45, 7) is 4.26. The van der Waals surface area contributed by atoms with Crippen LogP contribution in [-0.4, -0.2) is 50.2 Å². The number of amidine groups is 1. The Hall–Kier alpha value is -2.38. The SMILES string of the molecule is CC(=O)OC(F)(F)F.CC=O.CNc1sc2c(c1/C(N)=N/N(C)N)CC[NH2+]C2. The molecular weight excluding hydrogens is 401 g/mol.